The van der Waals surface area contributed by atoms with Crippen molar-refractivity contribution in [1.82, 2.24) is 5.32 Å². The van der Waals surface area contributed by atoms with Crippen molar-refractivity contribution in [3.63, 3.8) is 0 Å². The van der Waals surface area contributed by atoms with Crippen molar-refractivity contribution in [1.29, 1.82) is 0 Å². The smallest absolute Gasteiger partial charge is 0.227 e. The van der Waals surface area contributed by atoms with Gasteiger partial charge in [0.2, 0.25) is 5.91 Å². The van der Waals surface area contributed by atoms with Gasteiger partial charge in [0.25, 0.3) is 0 Å². The molecule has 1 N–H and O–H groups in total. The Morgan fingerprint density at radius 2 is 1.70 bits per heavy atom. The molecule has 0 unspecified atom stereocenters. The highest BCUT2D eigenvalue weighted by Gasteiger charge is 2.16. The Balaban J connectivity index is 1.66. The van der Waals surface area contributed by atoms with E-state index in [1.165, 1.54) is 0 Å². The lowest BCUT2D eigenvalue weighted by Gasteiger charge is -2.15. The van der Waals surface area contributed by atoms with Crippen molar-refractivity contribution in [3.8, 4) is 17.2 Å². The average Bonchev–Trinajstić information content (AvgIpc) is 2.80. The molecule has 5 nitrogen and oxygen atoms in total. The lowest BCUT2D eigenvalue weighted by Crippen LogP contribution is -2.27. The quantitative estimate of drug-likeness (QED) is 0.538. The number of carbonyl (C=O) groups is 1. The van der Waals surface area contributed by atoms with Gasteiger partial charge in [-0.05, 0) is 59.5 Å². The number of benzene rings is 3. The third-order valence-corrected chi connectivity index (χ3v) is 5.12. The third-order valence-electron chi connectivity index (χ3n) is 5.12. The normalized spacial score (nSPS) is 11.7. The number of nitrogens with one attached hydrogen (secondary N) is 1. The SMILES string of the molecule is CCCOc1ccc(CNC(=O)[C@@H](C)c2ccc3cc(OC)ccc3c2)cc1OC. The number of carbonyl (C=O) groups excluding carboxylic acids is 1. The van der Waals surface area contributed by atoms with Gasteiger partial charge >= 0.3 is 0 Å². The first-order valence-electron chi connectivity index (χ1n) is 10.2. The van der Waals surface area contributed by atoms with E-state index in [2.05, 4.69) is 18.3 Å². The highest BCUT2D eigenvalue weighted by atomic mass is 16.5. The summed E-state index contributed by atoms with van der Waals surface area (Å²) in [6.07, 6.45) is 0.932. The van der Waals surface area contributed by atoms with Crippen molar-refractivity contribution < 1.29 is 19.0 Å². The van der Waals surface area contributed by atoms with Crippen molar-refractivity contribution >= 4 is 16.7 Å². The number of hydrogen-bond acceptors (Lipinski definition) is 4. The minimum absolute atomic E-state index is 0.0202. The standard InChI is InChI=1S/C25H29NO4/c1-5-12-30-23-11-6-18(13-24(23)29-4)16-26-25(27)17(2)19-7-8-21-15-22(28-3)10-9-20(21)14-19/h6-11,13-15,17H,5,12,16H2,1-4H3,(H,26,27)/t17-/m0/s1. The van der Waals surface area contributed by atoms with Crippen LogP contribution in [0.25, 0.3) is 10.8 Å². The van der Waals surface area contributed by atoms with Gasteiger partial charge in [0, 0.05) is 6.54 Å². The van der Waals surface area contributed by atoms with Gasteiger partial charge in [-0.1, -0.05) is 37.3 Å². The molecule has 1 amide bonds. The monoisotopic (exact) mass is 407 g/mol. The summed E-state index contributed by atoms with van der Waals surface area (Å²) in [7, 11) is 3.27. The Morgan fingerprint density at radius 3 is 2.43 bits per heavy atom. The molecule has 3 aromatic rings. The zero-order valence-corrected chi connectivity index (χ0v) is 18.0. The van der Waals surface area contributed by atoms with Crippen LogP contribution in [-0.2, 0) is 11.3 Å². The molecule has 0 spiro atoms. The van der Waals surface area contributed by atoms with Crippen molar-refractivity contribution in [2.24, 2.45) is 0 Å². The summed E-state index contributed by atoms with van der Waals surface area (Å²) in [4.78, 5) is 12.7. The van der Waals surface area contributed by atoms with E-state index in [1.807, 2.05) is 55.5 Å². The van der Waals surface area contributed by atoms with Gasteiger partial charge in [-0.25, -0.2) is 0 Å². The van der Waals surface area contributed by atoms with Crippen LogP contribution in [0.2, 0.25) is 0 Å². The zero-order chi connectivity index (χ0) is 21.5. The van der Waals surface area contributed by atoms with Gasteiger partial charge in [0.05, 0.1) is 26.7 Å². The molecule has 0 heterocycles. The molecular formula is C25H29NO4. The van der Waals surface area contributed by atoms with Gasteiger partial charge in [0.1, 0.15) is 5.75 Å². The van der Waals surface area contributed by atoms with Crippen molar-refractivity contribution in [2.75, 3.05) is 20.8 Å². The fourth-order valence-electron chi connectivity index (χ4n) is 3.29. The van der Waals surface area contributed by atoms with E-state index in [0.29, 0.717) is 18.9 Å². The molecule has 3 aromatic carbocycles. The van der Waals surface area contributed by atoms with E-state index in [-0.39, 0.29) is 11.8 Å². The van der Waals surface area contributed by atoms with Gasteiger partial charge in [-0.3, -0.25) is 4.79 Å². The molecule has 0 saturated carbocycles. The lowest BCUT2D eigenvalue weighted by molar-refractivity contribution is -0.122. The van der Waals surface area contributed by atoms with Crippen LogP contribution in [0.5, 0.6) is 17.2 Å². The molecule has 0 aliphatic carbocycles. The molecule has 0 fully saturated rings. The molecule has 5 heteroatoms. The molecule has 0 radical (unpaired) electrons. The number of amides is 1. The summed E-state index contributed by atoms with van der Waals surface area (Å²) in [6, 6.07) is 17.7. The van der Waals surface area contributed by atoms with Gasteiger partial charge < -0.3 is 19.5 Å². The molecule has 158 valence electrons. The van der Waals surface area contributed by atoms with Crippen molar-refractivity contribution in [3.05, 3.63) is 65.7 Å². The van der Waals surface area contributed by atoms with E-state index < -0.39 is 0 Å². The molecule has 0 saturated heterocycles. The molecule has 1 atom stereocenters. The predicted molar refractivity (Wildman–Crippen MR) is 120 cm³/mol. The minimum Gasteiger partial charge on any atom is -0.497 e. The van der Waals surface area contributed by atoms with Crippen molar-refractivity contribution in [2.45, 2.75) is 32.7 Å². The largest absolute Gasteiger partial charge is 0.497 e. The van der Waals surface area contributed by atoms with Crippen LogP contribution < -0.4 is 19.5 Å². The van der Waals surface area contributed by atoms with E-state index >= 15 is 0 Å². The Kier molecular flexibility index (Phi) is 7.17. The molecule has 0 aliphatic heterocycles. The van der Waals surface area contributed by atoms with Gasteiger partial charge in [0.15, 0.2) is 11.5 Å². The Labute approximate surface area is 178 Å². The maximum absolute atomic E-state index is 12.7. The van der Waals surface area contributed by atoms with E-state index in [0.717, 1.165) is 39.8 Å². The molecule has 30 heavy (non-hydrogen) atoms. The Morgan fingerprint density at radius 1 is 0.933 bits per heavy atom. The maximum Gasteiger partial charge on any atom is 0.227 e. The second-order valence-corrected chi connectivity index (χ2v) is 7.25. The summed E-state index contributed by atoms with van der Waals surface area (Å²) in [5.74, 6) is 1.94. The first kappa shape index (κ1) is 21.5. The topological polar surface area (TPSA) is 56.8 Å². The number of methoxy groups -OCH3 is 2. The second-order valence-electron chi connectivity index (χ2n) is 7.25. The molecule has 0 aliphatic rings. The number of rotatable bonds is 9. The summed E-state index contributed by atoms with van der Waals surface area (Å²) in [5, 5.41) is 5.19. The highest BCUT2D eigenvalue weighted by Crippen LogP contribution is 2.29. The fraction of sp³-hybridized carbons (Fsp3) is 0.320. The first-order chi connectivity index (χ1) is 14.5. The van der Waals surface area contributed by atoms with E-state index in [9.17, 15) is 4.79 Å². The fourth-order valence-corrected chi connectivity index (χ4v) is 3.29. The lowest BCUT2D eigenvalue weighted by atomic mass is 9.97. The zero-order valence-electron chi connectivity index (χ0n) is 18.0. The van der Waals surface area contributed by atoms with Crippen LogP contribution in [0.15, 0.2) is 54.6 Å². The summed E-state index contributed by atoms with van der Waals surface area (Å²) in [5.41, 5.74) is 1.94. The van der Waals surface area contributed by atoms with Crippen LogP contribution in [0.1, 0.15) is 37.3 Å². The van der Waals surface area contributed by atoms with E-state index in [1.54, 1.807) is 14.2 Å². The summed E-state index contributed by atoms with van der Waals surface area (Å²) in [6.45, 7) is 5.05. The average molecular weight is 408 g/mol. The van der Waals surface area contributed by atoms with Crippen LogP contribution in [-0.4, -0.2) is 26.7 Å². The first-order valence-corrected chi connectivity index (χ1v) is 10.2. The number of ether oxygens (including phenoxy) is 3. The minimum atomic E-state index is -0.259. The molecule has 3 rings (SSSR count). The van der Waals surface area contributed by atoms with Crippen LogP contribution in [0, 0.1) is 0 Å². The summed E-state index contributed by atoms with van der Waals surface area (Å²) >= 11 is 0. The van der Waals surface area contributed by atoms with Crippen LogP contribution >= 0.6 is 0 Å². The number of hydrogen-bond donors (Lipinski definition) is 1. The third kappa shape index (κ3) is 5.03. The molecule has 0 aromatic heterocycles. The van der Waals surface area contributed by atoms with E-state index in [4.69, 9.17) is 14.2 Å². The maximum atomic E-state index is 12.7. The molecular weight excluding hydrogens is 378 g/mol. The second kappa shape index (κ2) is 10.0. The van der Waals surface area contributed by atoms with Crippen LogP contribution in [0.4, 0.5) is 0 Å². The Bertz CT molecular complexity index is 1020. The number of fused-ring (bicyclic) bond motifs is 1. The molecule has 0 bridgehead atoms. The van der Waals surface area contributed by atoms with Gasteiger partial charge in [-0.15, -0.1) is 0 Å². The Hall–Kier alpha value is -3.21. The highest BCUT2D eigenvalue weighted by molar-refractivity contribution is 5.88. The van der Waals surface area contributed by atoms with Gasteiger partial charge in [-0.2, -0.15) is 0 Å². The van der Waals surface area contributed by atoms with Crippen LogP contribution in [0.3, 0.4) is 0 Å². The predicted octanol–water partition coefficient (Wildman–Crippen LogP) is 5.07. The summed E-state index contributed by atoms with van der Waals surface area (Å²) < 4.78 is 16.4.